The van der Waals surface area contributed by atoms with Gasteiger partial charge in [0.15, 0.2) is 5.17 Å². The van der Waals surface area contributed by atoms with E-state index in [0.29, 0.717) is 11.6 Å². The summed E-state index contributed by atoms with van der Waals surface area (Å²) >= 11 is 1.99. The van der Waals surface area contributed by atoms with Crippen molar-refractivity contribution in [3.05, 3.63) is 0 Å². The summed E-state index contributed by atoms with van der Waals surface area (Å²) < 4.78 is 0. The van der Waals surface area contributed by atoms with Crippen molar-refractivity contribution in [2.75, 3.05) is 5.75 Å². The van der Waals surface area contributed by atoms with Gasteiger partial charge in [0.25, 0.3) is 0 Å². The summed E-state index contributed by atoms with van der Waals surface area (Å²) in [5, 5.41) is 5.08. The molecule has 19 heavy (non-hydrogen) atoms. The van der Waals surface area contributed by atoms with E-state index in [1.54, 1.807) is 0 Å². The van der Waals surface area contributed by atoms with E-state index in [0.717, 1.165) is 5.92 Å². The lowest BCUT2D eigenvalue weighted by atomic mass is 9.83. The second-order valence-electron chi connectivity index (χ2n) is 6.71. The van der Waals surface area contributed by atoms with Crippen LogP contribution in [0, 0.1) is 5.92 Å². The van der Waals surface area contributed by atoms with Gasteiger partial charge in [-0.2, -0.15) is 0 Å². The van der Waals surface area contributed by atoms with Gasteiger partial charge in [-0.1, -0.05) is 57.2 Å². The molecule has 2 saturated carbocycles. The highest BCUT2D eigenvalue weighted by molar-refractivity contribution is 8.14. The summed E-state index contributed by atoms with van der Waals surface area (Å²) in [5.41, 5.74) is 0.415. The van der Waals surface area contributed by atoms with Crippen LogP contribution in [0.25, 0.3) is 0 Å². The smallest absolute Gasteiger partial charge is 0.157 e. The lowest BCUT2D eigenvalue weighted by Gasteiger charge is -2.33. The van der Waals surface area contributed by atoms with Crippen LogP contribution in [0.1, 0.15) is 71.1 Å². The number of thioether (sulfide) groups is 1. The third-order valence-electron chi connectivity index (χ3n) is 5.34. The van der Waals surface area contributed by atoms with Crippen molar-refractivity contribution in [3.63, 3.8) is 0 Å². The molecule has 1 spiro atoms. The Labute approximate surface area is 122 Å². The predicted octanol–water partition coefficient (Wildman–Crippen LogP) is 4.35. The van der Waals surface area contributed by atoms with Gasteiger partial charge in [0.2, 0.25) is 0 Å². The van der Waals surface area contributed by atoms with E-state index in [1.165, 1.54) is 75.1 Å². The van der Waals surface area contributed by atoms with Gasteiger partial charge in [-0.15, -0.1) is 0 Å². The van der Waals surface area contributed by atoms with Crippen LogP contribution in [-0.4, -0.2) is 22.5 Å². The van der Waals surface area contributed by atoms with E-state index in [9.17, 15) is 0 Å². The summed E-state index contributed by atoms with van der Waals surface area (Å²) in [6, 6.07) is 0.604. The molecule has 1 heterocycles. The Bertz CT molecular complexity index is 334. The molecule has 2 atom stereocenters. The Morgan fingerprint density at radius 3 is 2.74 bits per heavy atom. The molecular formula is C16H28N2S. The highest BCUT2D eigenvalue weighted by Gasteiger charge is 2.38. The fourth-order valence-electron chi connectivity index (χ4n) is 4.06. The third kappa shape index (κ3) is 3.12. The first-order valence-corrected chi connectivity index (χ1v) is 9.29. The zero-order chi connectivity index (χ0) is 13.1. The number of hydrogen-bond donors (Lipinski definition) is 1. The van der Waals surface area contributed by atoms with Crippen LogP contribution in [0.15, 0.2) is 4.99 Å². The van der Waals surface area contributed by atoms with Crippen molar-refractivity contribution in [2.45, 2.75) is 82.7 Å². The van der Waals surface area contributed by atoms with Crippen LogP contribution in [0.4, 0.5) is 0 Å². The number of aliphatic imine (C=N–C) groups is 1. The molecule has 1 aliphatic heterocycles. The summed E-state index contributed by atoms with van der Waals surface area (Å²) in [5.74, 6) is 2.10. The summed E-state index contributed by atoms with van der Waals surface area (Å²) in [6.45, 7) is 2.33. The van der Waals surface area contributed by atoms with Gasteiger partial charge in [-0.25, -0.2) is 0 Å². The first kappa shape index (κ1) is 13.8. The Morgan fingerprint density at radius 1 is 1.16 bits per heavy atom. The quantitative estimate of drug-likeness (QED) is 0.813. The molecule has 0 radical (unpaired) electrons. The highest BCUT2D eigenvalue weighted by Crippen LogP contribution is 2.37. The predicted molar refractivity (Wildman–Crippen MR) is 84.9 cm³/mol. The van der Waals surface area contributed by atoms with Crippen molar-refractivity contribution in [1.82, 2.24) is 5.32 Å². The minimum Gasteiger partial charge on any atom is -0.359 e. The average Bonchev–Trinajstić information content (AvgIpc) is 2.83. The largest absolute Gasteiger partial charge is 0.359 e. The summed E-state index contributed by atoms with van der Waals surface area (Å²) in [6.07, 6.45) is 13.8. The van der Waals surface area contributed by atoms with Gasteiger partial charge in [0.05, 0.1) is 6.04 Å². The number of nitrogens with zero attached hydrogens (tertiary/aromatic N) is 1. The van der Waals surface area contributed by atoms with E-state index in [-0.39, 0.29) is 0 Å². The van der Waals surface area contributed by atoms with Crippen LogP contribution >= 0.6 is 11.8 Å². The molecule has 0 aromatic carbocycles. The first-order chi connectivity index (χ1) is 9.31. The molecule has 1 saturated heterocycles. The fraction of sp³-hybridized carbons (Fsp3) is 0.938. The molecule has 2 nitrogen and oxygen atoms in total. The second-order valence-corrected chi connectivity index (χ2v) is 7.67. The number of nitrogens with one attached hydrogen (secondary N) is 1. The van der Waals surface area contributed by atoms with Gasteiger partial charge in [0.1, 0.15) is 0 Å². The SMILES string of the molecule is CCC1CCCCC1N=C1NC2(CCCCC2)CS1. The molecule has 0 bridgehead atoms. The van der Waals surface area contributed by atoms with Gasteiger partial charge in [-0.3, -0.25) is 4.99 Å². The molecule has 3 rings (SSSR count). The second kappa shape index (κ2) is 6.07. The van der Waals surface area contributed by atoms with Crippen LogP contribution in [0.2, 0.25) is 0 Å². The standard InChI is InChI=1S/C16H28N2S/c1-2-13-8-4-5-9-14(13)17-15-18-16(12-19-15)10-6-3-7-11-16/h13-14H,2-12H2,1H3,(H,17,18). The highest BCUT2D eigenvalue weighted by atomic mass is 32.2. The Kier molecular flexibility index (Phi) is 4.40. The van der Waals surface area contributed by atoms with E-state index >= 15 is 0 Å². The monoisotopic (exact) mass is 280 g/mol. The number of rotatable bonds is 2. The molecule has 2 aliphatic carbocycles. The van der Waals surface area contributed by atoms with E-state index in [2.05, 4.69) is 12.2 Å². The van der Waals surface area contributed by atoms with E-state index in [1.807, 2.05) is 11.8 Å². The molecule has 108 valence electrons. The Hall–Kier alpha value is -0.180. The zero-order valence-electron chi connectivity index (χ0n) is 12.3. The van der Waals surface area contributed by atoms with Gasteiger partial charge in [-0.05, 0) is 31.6 Å². The maximum atomic E-state index is 5.11. The minimum atomic E-state index is 0.415. The topological polar surface area (TPSA) is 24.4 Å². The van der Waals surface area contributed by atoms with Crippen molar-refractivity contribution in [2.24, 2.45) is 10.9 Å². The zero-order valence-corrected chi connectivity index (χ0v) is 13.1. The van der Waals surface area contributed by atoms with Crippen molar-refractivity contribution in [3.8, 4) is 0 Å². The number of hydrogen-bond acceptors (Lipinski definition) is 2. The number of amidine groups is 1. The van der Waals surface area contributed by atoms with Crippen LogP contribution in [0.5, 0.6) is 0 Å². The molecule has 2 unspecified atom stereocenters. The Balaban J connectivity index is 1.64. The van der Waals surface area contributed by atoms with Gasteiger partial charge < -0.3 is 5.32 Å². The van der Waals surface area contributed by atoms with E-state index < -0.39 is 0 Å². The molecular weight excluding hydrogens is 252 g/mol. The molecule has 3 heteroatoms. The fourth-order valence-corrected chi connectivity index (χ4v) is 5.33. The third-order valence-corrected chi connectivity index (χ3v) is 6.52. The molecule has 0 aromatic rings. The van der Waals surface area contributed by atoms with E-state index in [4.69, 9.17) is 4.99 Å². The molecule has 3 aliphatic rings. The van der Waals surface area contributed by atoms with Crippen LogP contribution < -0.4 is 5.32 Å². The molecule has 3 fully saturated rings. The minimum absolute atomic E-state index is 0.415. The molecule has 0 aromatic heterocycles. The van der Waals surface area contributed by atoms with Crippen LogP contribution in [-0.2, 0) is 0 Å². The lowest BCUT2D eigenvalue weighted by molar-refractivity contribution is 0.293. The first-order valence-electron chi connectivity index (χ1n) is 8.30. The maximum absolute atomic E-state index is 5.11. The summed E-state index contributed by atoms with van der Waals surface area (Å²) in [7, 11) is 0. The average molecular weight is 280 g/mol. The Morgan fingerprint density at radius 2 is 1.95 bits per heavy atom. The normalized spacial score (nSPS) is 36.6. The van der Waals surface area contributed by atoms with Crippen molar-refractivity contribution >= 4 is 16.9 Å². The van der Waals surface area contributed by atoms with Gasteiger partial charge >= 0.3 is 0 Å². The maximum Gasteiger partial charge on any atom is 0.157 e. The van der Waals surface area contributed by atoms with Crippen molar-refractivity contribution in [1.29, 1.82) is 0 Å². The van der Waals surface area contributed by atoms with Gasteiger partial charge in [0, 0.05) is 11.3 Å². The summed E-state index contributed by atoms with van der Waals surface area (Å²) in [4.78, 5) is 5.11. The lowest BCUT2D eigenvalue weighted by Crippen LogP contribution is -2.45. The van der Waals surface area contributed by atoms with Crippen LogP contribution in [0.3, 0.4) is 0 Å². The molecule has 1 N–H and O–H groups in total. The molecule has 0 amide bonds. The van der Waals surface area contributed by atoms with Crippen molar-refractivity contribution < 1.29 is 0 Å².